The molecule has 0 amide bonds. The summed E-state index contributed by atoms with van der Waals surface area (Å²) in [5.41, 5.74) is 2.08. The highest BCUT2D eigenvalue weighted by Crippen LogP contribution is 2.18. The normalized spacial score (nSPS) is 16.6. The Morgan fingerprint density at radius 2 is 2.18 bits per heavy atom. The number of aryl methyl sites for hydroxylation is 1. The first-order valence-corrected chi connectivity index (χ1v) is 8.11. The largest absolute Gasteiger partial charge is 0.381 e. The minimum Gasteiger partial charge on any atom is -0.381 e. The summed E-state index contributed by atoms with van der Waals surface area (Å²) in [6, 6.07) is 6.09. The molecular formula is C17H28N4O. The van der Waals surface area contributed by atoms with Gasteiger partial charge in [-0.3, -0.25) is 9.98 Å². The summed E-state index contributed by atoms with van der Waals surface area (Å²) >= 11 is 0. The lowest BCUT2D eigenvalue weighted by atomic mass is 9.96. The Hall–Kier alpha value is -1.62. The number of rotatable bonds is 5. The van der Waals surface area contributed by atoms with Crippen LogP contribution in [0.4, 0.5) is 0 Å². The van der Waals surface area contributed by atoms with Crippen LogP contribution in [0.1, 0.15) is 30.7 Å². The van der Waals surface area contributed by atoms with Gasteiger partial charge in [0.15, 0.2) is 5.96 Å². The third-order valence-electron chi connectivity index (χ3n) is 4.16. The Kier molecular flexibility index (Phi) is 6.65. The van der Waals surface area contributed by atoms with E-state index in [1.54, 1.807) is 0 Å². The van der Waals surface area contributed by atoms with E-state index in [2.05, 4.69) is 27.2 Å². The molecule has 2 rings (SSSR count). The predicted octanol–water partition coefficient (Wildman–Crippen LogP) is 2.21. The summed E-state index contributed by atoms with van der Waals surface area (Å²) in [6.07, 6.45) is 3.57. The van der Waals surface area contributed by atoms with Gasteiger partial charge in [-0.25, -0.2) is 0 Å². The molecule has 2 heterocycles. The van der Waals surface area contributed by atoms with Crippen molar-refractivity contribution in [1.29, 1.82) is 0 Å². The fraction of sp³-hybridized carbons (Fsp3) is 0.647. The third kappa shape index (κ3) is 5.30. The van der Waals surface area contributed by atoms with E-state index < -0.39 is 0 Å². The van der Waals surface area contributed by atoms with Crippen LogP contribution < -0.4 is 5.32 Å². The molecule has 0 unspecified atom stereocenters. The van der Waals surface area contributed by atoms with Crippen molar-refractivity contribution in [2.45, 2.75) is 32.7 Å². The first-order valence-electron chi connectivity index (χ1n) is 8.11. The quantitative estimate of drug-likeness (QED) is 0.669. The van der Waals surface area contributed by atoms with Crippen molar-refractivity contribution >= 4 is 5.96 Å². The standard InChI is InChI=1S/C17H28N4O/c1-14-5-4-6-16(20-14)13-19-17(18-2)21(3)10-7-15-8-11-22-12-9-15/h4-6,15H,7-13H2,1-3H3,(H,18,19). The molecule has 5 heteroatoms. The van der Waals surface area contributed by atoms with E-state index >= 15 is 0 Å². The first-order chi connectivity index (χ1) is 10.7. The number of ether oxygens (including phenoxy) is 1. The summed E-state index contributed by atoms with van der Waals surface area (Å²) in [7, 11) is 3.93. The molecule has 1 aliphatic heterocycles. The van der Waals surface area contributed by atoms with Crippen LogP contribution in [0, 0.1) is 12.8 Å². The summed E-state index contributed by atoms with van der Waals surface area (Å²) in [5, 5.41) is 3.39. The number of nitrogens with one attached hydrogen (secondary N) is 1. The van der Waals surface area contributed by atoms with E-state index in [1.165, 1.54) is 19.3 Å². The highest BCUT2D eigenvalue weighted by molar-refractivity contribution is 5.79. The minimum atomic E-state index is 0.704. The van der Waals surface area contributed by atoms with E-state index in [9.17, 15) is 0 Å². The van der Waals surface area contributed by atoms with Crippen molar-refractivity contribution in [1.82, 2.24) is 15.2 Å². The van der Waals surface area contributed by atoms with Crippen LogP contribution in [0.5, 0.6) is 0 Å². The molecule has 0 spiro atoms. The molecule has 1 fully saturated rings. The molecule has 0 atom stereocenters. The van der Waals surface area contributed by atoms with Gasteiger partial charge in [-0.05, 0) is 44.2 Å². The van der Waals surface area contributed by atoms with Crippen molar-refractivity contribution in [2.75, 3.05) is 33.9 Å². The first kappa shape index (κ1) is 16.7. The summed E-state index contributed by atoms with van der Waals surface area (Å²) in [6.45, 7) is 5.57. The molecule has 0 aromatic carbocycles. The zero-order valence-electron chi connectivity index (χ0n) is 14.0. The molecule has 122 valence electrons. The average molecular weight is 304 g/mol. The Balaban J connectivity index is 1.77. The Labute approximate surface area is 133 Å². The van der Waals surface area contributed by atoms with Crippen LogP contribution in [0.15, 0.2) is 23.2 Å². The number of aliphatic imine (C=N–C) groups is 1. The van der Waals surface area contributed by atoms with Gasteiger partial charge < -0.3 is 15.0 Å². The van der Waals surface area contributed by atoms with Crippen LogP contribution in [0.3, 0.4) is 0 Å². The van der Waals surface area contributed by atoms with Crippen LogP contribution in [0.25, 0.3) is 0 Å². The van der Waals surface area contributed by atoms with Crippen molar-refractivity contribution < 1.29 is 4.74 Å². The SMILES string of the molecule is CN=C(NCc1cccc(C)n1)N(C)CCC1CCOCC1. The molecule has 5 nitrogen and oxygen atoms in total. The highest BCUT2D eigenvalue weighted by atomic mass is 16.5. The second kappa shape index (κ2) is 8.73. The van der Waals surface area contributed by atoms with Gasteiger partial charge in [0.25, 0.3) is 0 Å². The predicted molar refractivity (Wildman–Crippen MR) is 90.0 cm³/mol. The van der Waals surface area contributed by atoms with Gasteiger partial charge in [0, 0.05) is 39.5 Å². The summed E-state index contributed by atoms with van der Waals surface area (Å²) in [5.74, 6) is 1.71. The molecule has 0 aliphatic carbocycles. The van der Waals surface area contributed by atoms with E-state index in [1.807, 2.05) is 32.2 Å². The van der Waals surface area contributed by atoms with Crippen molar-refractivity contribution in [3.8, 4) is 0 Å². The zero-order valence-corrected chi connectivity index (χ0v) is 14.0. The molecular weight excluding hydrogens is 276 g/mol. The molecule has 1 aliphatic rings. The second-order valence-electron chi connectivity index (χ2n) is 5.94. The van der Waals surface area contributed by atoms with Crippen molar-refractivity contribution in [2.24, 2.45) is 10.9 Å². The second-order valence-corrected chi connectivity index (χ2v) is 5.94. The fourth-order valence-electron chi connectivity index (χ4n) is 2.77. The number of nitrogens with zero attached hydrogens (tertiary/aromatic N) is 3. The van der Waals surface area contributed by atoms with Gasteiger partial charge in [-0.2, -0.15) is 0 Å². The van der Waals surface area contributed by atoms with Gasteiger partial charge in [0.2, 0.25) is 0 Å². The van der Waals surface area contributed by atoms with E-state index in [0.717, 1.165) is 43.0 Å². The maximum Gasteiger partial charge on any atom is 0.193 e. The lowest BCUT2D eigenvalue weighted by Crippen LogP contribution is -2.39. The average Bonchev–Trinajstić information content (AvgIpc) is 2.54. The van der Waals surface area contributed by atoms with Gasteiger partial charge >= 0.3 is 0 Å². The number of hydrogen-bond acceptors (Lipinski definition) is 3. The van der Waals surface area contributed by atoms with E-state index in [0.29, 0.717) is 6.54 Å². The van der Waals surface area contributed by atoms with Gasteiger partial charge in [-0.15, -0.1) is 0 Å². The lowest BCUT2D eigenvalue weighted by molar-refractivity contribution is 0.0625. The van der Waals surface area contributed by atoms with Crippen LogP contribution in [-0.2, 0) is 11.3 Å². The monoisotopic (exact) mass is 304 g/mol. The molecule has 1 saturated heterocycles. The van der Waals surface area contributed by atoms with E-state index in [-0.39, 0.29) is 0 Å². The molecule has 22 heavy (non-hydrogen) atoms. The molecule has 0 radical (unpaired) electrons. The smallest absolute Gasteiger partial charge is 0.193 e. The molecule has 1 aromatic rings. The van der Waals surface area contributed by atoms with Crippen LogP contribution in [0.2, 0.25) is 0 Å². The number of hydrogen-bond donors (Lipinski definition) is 1. The summed E-state index contributed by atoms with van der Waals surface area (Å²) in [4.78, 5) is 11.1. The Bertz CT molecular complexity index is 483. The Morgan fingerprint density at radius 3 is 2.86 bits per heavy atom. The lowest BCUT2D eigenvalue weighted by Gasteiger charge is -2.26. The van der Waals surface area contributed by atoms with Crippen molar-refractivity contribution in [3.63, 3.8) is 0 Å². The molecule has 0 saturated carbocycles. The van der Waals surface area contributed by atoms with Gasteiger partial charge in [-0.1, -0.05) is 6.07 Å². The molecule has 1 N–H and O–H groups in total. The highest BCUT2D eigenvalue weighted by Gasteiger charge is 2.15. The van der Waals surface area contributed by atoms with Crippen LogP contribution >= 0.6 is 0 Å². The minimum absolute atomic E-state index is 0.704. The maximum atomic E-state index is 5.42. The van der Waals surface area contributed by atoms with Crippen LogP contribution in [-0.4, -0.2) is 49.7 Å². The topological polar surface area (TPSA) is 49.8 Å². The number of pyridine rings is 1. The summed E-state index contributed by atoms with van der Waals surface area (Å²) < 4.78 is 5.42. The number of guanidine groups is 1. The number of aromatic nitrogens is 1. The fourth-order valence-corrected chi connectivity index (χ4v) is 2.77. The molecule has 0 bridgehead atoms. The molecule has 1 aromatic heterocycles. The van der Waals surface area contributed by atoms with Gasteiger partial charge in [0.1, 0.15) is 0 Å². The van der Waals surface area contributed by atoms with Crippen molar-refractivity contribution in [3.05, 3.63) is 29.6 Å². The van der Waals surface area contributed by atoms with E-state index in [4.69, 9.17) is 4.74 Å². The Morgan fingerprint density at radius 1 is 1.41 bits per heavy atom. The maximum absolute atomic E-state index is 5.42. The zero-order chi connectivity index (χ0) is 15.8. The van der Waals surface area contributed by atoms with Gasteiger partial charge in [0.05, 0.1) is 12.2 Å². The third-order valence-corrected chi connectivity index (χ3v) is 4.16.